The average Bonchev–Trinajstić information content (AvgIpc) is 2.50. The molecule has 0 fully saturated rings. The van der Waals surface area contributed by atoms with Crippen molar-refractivity contribution in [1.29, 1.82) is 0 Å². The predicted molar refractivity (Wildman–Crippen MR) is 43.2 cm³/mol. The number of hydrogen-bond donors (Lipinski definition) is 2. The van der Waals surface area contributed by atoms with E-state index in [9.17, 15) is 0 Å². The molecule has 0 aliphatic heterocycles. The number of aromatic amines is 1. The summed E-state index contributed by atoms with van der Waals surface area (Å²) in [4.78, 5) is 0. The van der Waals surface area contributed by atoms with Gasteiger partial charge < -0.3 is 5.73 Å². The lowest BCUT2D eigenvalue weighted by atomic mass is 9.88. The molecule has 0 saturated heterocycles. The number of fused-ring (bicyclic) bond motifs is 1. The Kier molecular flexibility index (Phi) is 1.66. The van der Waals surface area contributed by atoms with E-state index in [0.717, 1.165) is 19.4 Å². The van der Waals surface area contributed by atoms with E-state index < -0.39 is 0 Å². The third-order valence-corrected chi connectivity index (χ3v) is 2.46. The van der Waals surface area contributed by atoms with Gasteiger partial charge in [0.05, 0.1) is 6.20 Å². The van der Waals surface area contributed by atoms with Gasteiger partial charge in [-0.25, -0.2) is 0 Å². The third-order valence-electron chi connectivity index (χ3n) is 2.46. The Balaban J connectivity index is 2.18. The molecule has 0 spiro atoms. The highest BCUT2D eigenvalue weighted by Gasteiger charge is 2.18. The van der Waals surface area contributed by atoms with Gasteiger partial charge in [-0.1, -0.05) is 0 Å². The van der Waals surface area contributed by atoms with Crippen LogP contribution in [0, 0.1) is 5.92 Å². The van der Waals surface area contributed by atoms with E-state index in [1.807, 2.05) is 6.20 Å². The Morgan fingerprint density at radius 1 is 1.73 bits per heavy atom. The molecular formula is C8H13N3. The summed E-state index contributed by atoms with van der Waals surface area (Å²) in [6, 6.07) is 0. The van der Waals surface area contributed by atoms with Crippen LogP contribution in [0.2, 0.25) is 0 Å². The lowest BCUT2D eigenvalue weighted by molar-refractivity contribution is 0.464. The Labute approximate surface area is 66.0 Å². The van der Waals surface area contributed by atoms with E-state index >= 15 is 0 Å². The molecule has 1 unspecified atom stereocenters. The van der Waals surface area contributed by atoms with Crippen LogP contribution < -0.4 is 5.73 Å². The molecule has 1 aromatic rings. The SMILES string of the molecule is NCC1CCc2cn[nH]c2C1. The Morgan fingerprint density at radius 3 is 3.45 bits per heavy atom. The predicted octanol–water partition coefficient (Wildman–Crippen LogP) is 0.473. The topological polar surface area (TPSA) is 54.7 Å². The summed E-state index contributed by atoms with van der Waals surface area (Å²) >= 11 is 0. The smallest absolute Gasteiger partial charge is 0.0522 e. The number of aromatic nitrogens is 2. The highest BCUT2D eigenvalue weighted by molar-refractivity contribution is 5.19. The lowest BCUT2D eigenvalue weighted by Gasteiger charge is -2.19. The number of aryl methyl sites for hydroxylation is 1. The van der Waals surface area contributed by atoms with Gasteiger partial charge >= 0.3 is 0 Å². The number of rotatable bonds is 1. The van der Waals surface area contributed by atoms with Gasteiger partial charge in [0.15, 0.2) is 0 Å². The quantitative estimate of drug-likeness (QED) is 0.613. The monoisotopic (exact) mass is 151 g/mol. The molecule has 3 heteroatoms. The molecule has 1 aromatic heterocycles. The Morgan fingerprint density at radius 2 is 2.64 bits per heavy atom. The van der Waals surface area contributed by atoms with E-state index in [-0.39, 0.29) is 0 Å². The molecule has 60 valence electrons. The maximum atomic E-state index is 5.59. The van der Waals surface area contributed by atoms with Gasteiger partial charge in [-0.2, -0.15) is 5.10 Å². The standard InChI is InChI=1S/C8H13N3/c9-4-6-1-2-7-5-10-11-8(7)3-6/h5-6H,1-4,9H2,(H,10,11). The minimum atomic E-state index is 0.669. The first-order chi connectivity index (χ1) is 5.40. The zero-order valence-electron chi connectivity index (χ0n) is 6.51. The zero-order chi connectivity index (χ0) is 7.68. The molecular weight excluding hydrogens is 138 g/mol. The van der Waals surface area contributed by atoms with Gasteiger partial charge in [0.1, 0.15) is 0 Å². The van der Waals surface area contributed by atoms with Gasteiger partial charge in [0, 0.05) is 5.69 Å². The largest absolute Gasteiger partial charge is 0.330 e. The highest BCUT2D eigenvalue weighted by Crippen LogP contribution is 2.22. The second-order valence-corrected chi connectivity index (χ2v) is 3.22. The fourth-order valence-corrected chi connectivity index (χ4v) is 1.68. The van der Waals surface area contributed by atoms with Crippen LogP contribution in [-0.4, -0.2) is 16.7 Å². The molecule has 1 heterocycles. The van der Waals surface area contributed by atoms with Crippen LogP contribution in [0.3, 0.4) is 0 Å². The summed E-state index contributed by atoms with van der Waals surface area (Å²) in [6.45, 7) is 0.804. The fourth-order valence-electron chi connectivity index (χ4n) is 1.68. The van der Waals surface area contributed by atoms with Crippen molar-refractivity contribution in [1.82, 2.24) is 10.2 Å². The minimum absolute atomic E-state index is 0.669. The lowest BCUT2D eigenvalue weighted by Crippen LogP contribution is -2.21. The summed E-state index contributed by atoms with van der Waals surface area (Å²) in [5, 5.41) is 7.02. The van der Waals surface area contributed by atoms with Crippen LogP contribution in [0.25, 0.3) is 0 Å². The van der Waals surface area contributed by atoms with Crippen molar-refractivity contribution in [3.8, 4) is 0 Å². The van der Waals surface area contributed by atoms with Crippen molar-refractivity contribution < 1.29 is 0 Å². The number of nitrogens with zero attached hydrogens (tertiary/aromatic N) is 1. The Bertz CT molecular complexity index is 241. The molecule has 1 atom stereocenters. The fraction of sp³-hybridized carbons (Fsp3) is 0.625. The third kappa shape index (κ3) is 1.16. The van der Waals surface area contributed by atoms with Crippen molar-refractivity contribution in [3.05, 3.63) is 17.5 Å². The van der Waals surface area contributed by atoms with Crippen LogP contribution in [0.1, 0.15) is 17.7 Å². The van der Waals surface area contributed by atoms with Gasteiger partial charge in [-0.3, -0.25) is 5.10 Å². The molecule has 1 aliphatic rings. The van der Waals surface area contributed by atoms with Crippen LogP contribution in [0.15, 0.2) is 6.20 Å². The van der Waals surface area contributed by atoms with Crippen LogP contribution in [-0.2, 0) is 12.8 Å². The number of nitrogens with one attached hydrogen (secondary N) is 1. The summed E-state index contributed by atoms with van der Waals surface area (Å²) in [5.74, 6) is 0.669. The molecule has 3 N–H and O–H groups in total. The molecule has 1 aliphatic carbocycles. The van der Waals surface area contributed by atoms with Gasteiger partial charge in [-0.05, 0) is 37.3 Å². The van der Waals surface area contributed by atoms with Crippen molar-refractivity contribution in [3.63, 3.8) is 0 Å². The Hall–Kier alpha value is -0.830. The first-order valence-electron chi connectivity index (χ1n) is 4.11. The van der Waals surface area contributed by atoms with Crippen LogP contribution >= 0.6 is 0 Å². The van der Waals surface area contributed by atoms with Crippen molar-refractivity contribution in [2.75, 3.05) is 6.54 Å². The summed E-state index contributed by atoms with van der Waals surface area (Å²) in [6.07, 6.45) is 5.39. The van der Waals surface area contributed by atoms with E-state index in [1.54, 1.807) is 0 Å². The highest BCUT2D eigenvalue weighted by atomic mass is 15.1. The van der Waals surface area contributed by atoms with Gasteiger partial charge in [-0.15, -0.1) is 0 Å². The molecule has 2 rings (SSSR count). The molecule has 0 aromatic carbocycles. The van der Waals surface area contributed by atoms with E-state index in [1.165, 1.54) is 17.7 Å². The molecule has 0 amide bonds. The second-order valence-electron chi connectivity index (χ2n) is 3.22. The maximum Gasteiger partial charge on any atom is 0.0522 e. The summed E-state index contributed by atoms with van der Waals surface area (Å²) < 4.78 is 0. The summed E-state index contributed by atoms with van der Waals surface area (Å²) in [7, 11) is 0. The zero-order valence-corrected chi connectivity index (χ0v) is 6.51. The minimum Gasteiger partial charge on any atom is -0.330 e. The first-order valence-corrected chi connectivity index (χ1v) is 4.11. The van der Waals surface area contributed by atoms with E-state index in [2.05, 4.69) is 10.2 Å². The number of H-pyrrole nitrogens is 1. The van der Waals surface area contributed by atoms with Gasteiger partial charge in [0.25, 0.3) is 0 Å². The normalized spacial score (nSPS) is 23.2. The molecule has 3 nitrogen and oxygen atoms in total. The van der Waals surface area contributed by atoms with Crippen molar-refractivity contribution in [2.45, 2.75) is 19.3 Å². The number of nitrogens with two attached hydrogens (primary N) is 1. The molecule has 0 bridgehead atoms. The number of hydrogen-bond acceptors (Lipinski definition) is 2. The molecule has 11 heavy (non-hydrogen) atoms. The maximum absolute atomic E-state index is 5.59. The average molecular weight is 151 g/mol. The van der Waals surface area contributed by atoms with Crippen molar-refractivity contribution >= 4 is 0 Å². The second kappa shape index (κ2) is 2.66. The van der Waals surface area contributed by atoms with Crippen LogP contribution in [0.4, 0.5) is 0 Å². The molecule has 0 radical (unpaired) electrons. The van der Waals surface area contributed by atoms with E-state index in [0.29, 0.717) is 5.92 Å². The van der Waals surface area contributed by atoms with Gasteiger partial charge in [0.2, 0.25) is 0 Å². The summed E-state index contributed by atoms with van der Waals surface area (Å²) in [5.41, 5.74) is 8.28. The van der Waals surface area contributed by atoms with Crippen molar-refractivity contribution in [2.24, 2.45) is 11.7 Å². The van der Waals surface area contributed by atoms with E-state index in [4.69, 9.17) is 5.73 Å². The molecule has 0 saturated carbocycles. The van der Waals surface area contributed by atoms with Crippen LogP contribution in [0.5, 0.6) is 0 Å². The first kappa shape index (κ1) is 6.85.